The molecule has 1 unspecified atom stereocenters. The molecule has 0 aliphatic rings. The highest BCUT2D eigenvalue weighted by molar-refractivity contribution is 5.71. The van der Waals surface area contributed by atoms with Crippen LogP contribution in [0.4, 0.5) is 0 Å². The van der Waals surface area contributed by atoms with E-state index in [0.29, 0.717) is 19.3 Å². The minimum absolute atomic E-state index is 0.0908. The quantitative estimate of drug-likeness (QED) is 0.0261. The summed E-state index contributed by atoms with van der Waals surface area (Å²) in [4.78, 5) is 38.3. The van der Waals surface area contributed by atoms with Gasteiger partial charge in [0, 0.05) is 19.3 Å². The Morgan fingerprint density at radius 3 is 0.762 bits per heavy atom. The molecule has 0 spiro atoms. The van der Waals surface area contributed by atoms with Crippen molar-refractivity contribution in [1.82, 2.24) is 0 Å². The molecule has 0 fully saturated rings. The Labute approximate surface area is 494 Å². The van der Waals surface area contributed by atoms with Crippen LogP contribution >= 0.6 is 0 Å². The first-order chi connectivity index (χ1) is 39.5. The molecule has 0 amide bonds. The number of ether oxygens (including phenoxy) is 3. The van der Waals surface area contributed by atoms with Crippen molar-refractivity contribution in [1.29, 1.82) is 0 Å². The van der Waals surface area contributed by atoms with Crippen LogP contribution in [0.25, 0.3) is 0 Å². The van der Waals surface area contributed by atoms with Crippen LogP contribution in [0.2, 0.25) is 0 Å². The molecule has 6 heteroatoms. The lowest BCUT2D eigenvalue weighted by atomic mass is 10.1. The van der Waals surface area contributed by atoms with Gasteiger partial charge in [0.1, 0.15) is 13.2 Å². The second kappa shape index (κ2) is 67.1. The first kappa shape index (κ1) is 75.5. The first-order valence-corrected chi connectivity index (χ1v) is 33.2. The van der Waals surface area contributed by atoms with Crippen LogP contribution in [-0.2, 0) is 28.6 Å². The molecule has 0 aromatic heterocycles. The van der Waals surface area contributed by atoms with E-state index in [1.165, 1.54) is 116 Å². The largest absolute Gasteiger partial charge is 0.462 e. The van der Waals surface area contributed by atoms with Crippen LogP contribution in [0.1, 0.15) is 297 Å². The van der Waals surface area contributed by atoms with Gasteiger partial charge < -0.3 is 14.2 Å². The van der Waals surface area contributed by atoms with Crippen LogP contribution in [-0.4, -0.2) is 37.2 Å². The second-order valence-electron chi connectivity index (χ2n) is 21.6. The van der Waals surface area contributed by atoms with Crippen molar-refractivity contribution in [3.05, 3.63) is 134 Å². The molecule has 0 saturated heterocycles. The van der Waals surface area contributed by atoms with Crippen LogP contribution in [0.15, 0.2) is 134 Å². The third-order valence-corrected chi connectivity index (χ3v) is 13.9. The molecule has 1 atom stereocenters. The second-order valence-corrected chi connectivity index (χ2v) is 21.6. The number of carbonyl (C=O) groups is 3. The highest BCUT2D eigenvalue weighted by atomic mass is 16.6. The van der Waals surface area contributed by atoms with Gasteiger partial charge in [-0.05, 0) is 122 Å². The van der Waals surface area contributed by atoms with Gasteiger partial charge in [0.2, 0.25) is 0 Å². The van der Waals surface area contributed by atoms with E-state index in [9.17, 15) is 14.4 Å². The molecule has 0 aromatic carbocycles. The number of rotatable bonds is 59. The summed E-state index contributed by atoms with van der Waals surface area (Å²) in [5.74, 6) is -0.923. The maximum Gasteiger partial charge on any atom is 0.306 e. The minimum atomic E-state index is -0.797. The summed E-state index contributed by atoms with van der Waals surface area (Å²) in [5, 5.41) is 0. The highest BCUT2D eigenvalue weighted by Crippen LogP contribution is 2.15. The maximum absolute atomic E-state index is 12.9. The fourth-order valence-corrected chi connectivity index (χ4v) is 8.94. The Morgan fingerprint density at radius 2 is 0.487 bits per heavy atom. The van der Waals surface area contributed by atoms with E-state index in [4.69, 9.17) is 14.2 Å². The summed E-state index contributed by atoms with van der Waals surface area (Å²) in [6.45, 7) is 6.49. The van der Waals surface area contributed by atoms with Crippen molar-refractivity contribution in [2.45, 2.75) is 303 Å². The molecular formula is C74H122O6. The molecule has 0 bridgehead atoms. The van der Waals surface area contributed by atoms with E-state index in [2.05, 4.69) is 154 Å². The van der Waals surface area contributed by atoms with Gasteiger partial charge in [-0.2, -0.15) is 0 Å². The van der Waals surface area contributed by atoms with Crippen LogP contribution in [0, 0.1) is 0 Å². The van der Waals surface area contributed by atoms with Crippen molar-refractivity contribution in [3.8, 4) is 0 Å². The number of carbonyl (C=O) groups excluding carboxylic acids is 3. The van der Waals surface area contributed by atoms with E-state index >= 15 is 0 Å². The predicted molar refractivity (Wildman–Crippen MR) is 348 cm³/mol. The summed E-state index contributed by atoms with van der Waals surface area (Å²) in [6, 6.07) is 0. The van der Waals surface area contributed by atoms with Gasteiger partial charge in [0.25, 0.3) is 0 Å². The molecule has 0 N–H and O–H groups in total. The Bertz CT molecular complexity index is 1700. The fraction of sp³-hybridized carbons (Fsp3) is 0.662. The maximum atomic E-state index is 12.9. The van der Waals surface area contributed by atoms with Crippen molar-refractivity contribution in [2.24, 2.45) is 0 Å². The van der Waals surface area contributed by atoms with E-state index in [0.717, 1.165) is 141 Å². The normalized spacial score (nSPS) is 13.0. The Balaban J connectivity index is 4.34. The zero-order valence-electron chi connectivity index (χ0n) is 52.0. The molecule has 454 valence electrons. The number of unbranched alkanes of at least 4 members (excludes halogenated alkanes) is 26. The smallest absolute Gasteiger partial charge is 0.306 e. The zero-order valence-corrected chi connectivity index (χ0v) is 52.0. The van der Waals surface area contributed by atoms with E-state index in [-0.39, 0.29) is 31.1 Å². The topological polar surface area (TPSA) is 78.9 Å². The van der Waals surface area contributed by atoms with E-state index < -0.39 is 6.10 Å². The van der Waals surface area contributed by atoms with Crippen LogP contribution < -0.4 is 0 Å². The summed E-state index contributed by atoms with van der Waals surface area (Å²) in [5.41, 5.74) is 0. The van der Waals surface area contributed by atoms with Crippen molar-refractivity contribution >= 4 is 17.9 Å². The Morgan fingerprint density at radius 1 is 0.263 bits per heavy atom. The fourth-order valence-electron chi connectivity index (χ4n) is 8.94. The van der Waals surface area contributed by atoms with Gasteiger partial charge in [0.15, 0.2) is 6.10 Å². The van der Waals surface area contributed by atoms with Gasteiger partial charge in [-0.3, -0.25) is 14.4 Å². The van der Waals surface area contributed by atoms with Gasteiger partial charge >= 0.3 is 17.9 Å². The lowest BCUT2D eigenvalue weighted by Gasteiger charge is -2.18. The highest BCUT2D eigenvalue weighted by Gasteiger charge is 2.19. The molecule has 0 aliphatic carbocycles. The number of hydrogen-bond donors (Lipinski definition) is 0. The van der Waals surface area contributed by atoms with E-state index in [1.807, 2.05) is 0 Å². The molecule has 0 saturated carbocycles. The van der Waals surface area contributed by atoms with Crippen molar-refractivity contribution in [3.63, 3.8) is 0 Å². The van der Waals surface area contributed by atoms with Crippen LogP contribution in [0.3, 0.4) is 0 Å². The third kappa shape index (κ3) is 64.4. The lowest BCUT2D eigenvalue weighted by molar-refractivity contribution is -0.167. The third-order valence-electron chi connectivity index (χ3n) is 13.9. The Kier molecular flexibility index (Phi) is 63.3. The summed E-state index contributed by atoms with van der Waals surface area (Å²) < 4.78 is 16.9. The molecule has 0 aliphatic heterocycles. The molecule has 6 nitrogen and oxygen atoms in total. The summed E-state index contributed by atoms with van der Waals surface area (Å²) >= 11 is 0. The molecule has 0 rings (SSSR count). The minimum Gasteiger partial charge on any atom is -0.462 e. The molecule has 0 heterocycles. The van der Waals surface area contributed by atoms with Gasteiger partial charge in [0.05, 0.1) is 0 Å². The number of hydrogen-bond acceptors (Lipinski definition) is 6. The molecular weight excluding hydrogens is 985 g/mol. The van der Waals surface area contributed by atoms with Gasteiger partial charge in [-0.1, -0.05) is 289 Å². The van der Waals surface area contributed by atoms with Crippen molar-refractivity contribution in [2.75, 3.05) is 13.2 Å². The van der Waals surface area contributed by atoms with Gasteiger partial charge in [-0.15, -0.1) is 0 Å². The number of esters is 3. The SMILES string of the molecule is CC/C=C\C/C=C\C/C=C\C/C=C\C/C=C\C/C=C\C/C=C\C/C=C\CCCCCCC(=O)OCC(COC(=O)CCCCCCCCCCCC)OC(=O)CCCCCCCCCC/C=C\C/C=C\C/C=C\CCCCCCC. The monoisotopic (exact) mass is 1110 g/mol. The molecule has 0 aromatic rings. The lowest BCUT2D eigenvalue weighted by Crippen LogP contribution is -2.30. The average Bonchev–Trinajstić information content (AvgIpc) is 3.46. The van der Waals surface area contributed by atoms with Crippen molar-refractivity contribution < 1.29 is 28.6 Å². The van der Waals surface area contributed by atoms with E-state index in [1.54, 1.807) is 0 Å². The zero-order chi connectivity index (χ0) is 57.8. The predicted octanol–water partition coefficient (Wildman–Crippen LogP) is 22.9. The Hall–Kier alpha value is -4.45. The standard InChI is InChI=1S/C74H122O6/c1-4-7-10-13-16-19-22-24-26-28-30-32-34-35-36-37-38-39-41-42-44-46-48-50-52-55-58-61-64-67-73(76)79-70-71(69-78-72(75)66-63-60-57-54-21-18-15-12-9-6-3)80-74(77)68-65-62-59-56-53-51-49-47-45-43-40-33-31-29-27-25-23-20-17-14-11-8-5-2/h7,10,16,19,23-26,29-32,35-36,38-40,42-44,48,50,71H,4-6,8-9,11-15,17-18,20-22,27-28,33-34,37,41,45-47,49,51-70H2,1-3H3/b10-7-,19-16-,25-23-,26-24-,31-29-,32-30-,36-35-,39-38-,43-40-,44-42-,50-48-. The summed E-state index contributed by atoms with van der Waals surface area (Å²) in [6.07, 6.45) is 94.6. The van der Waals surface area contributed by atoms with Crippen LogP contribution in [0.5, 0.6) is 0 Å². The molecule has 80 heavy (non-hydrogen) atoms. The number of allylic oxidation sites excluding steroid dienone is 22. The van der Waals surface area contributed by atoms with Gasteiger partial charge in [-0.25, -0.2) is 0 Å². The molecule has 0 radical (unpaired) electrons. The average molecular weight is 1110 g/mol. The first-order valence-electron chi connectivity index (χ1n) is 33.2. The summed E-state index contributed by atoms with van der Waals surface area (Å²) in [7, 11) is 0.